The van der Waals surface area contributed by atoms with Crippen LogP contribution in [0.15, 0.2) is 4.42 Å². The normalized spacial score (nSPS) is 20.5. The molecule has 1 aromatic rings. The smallest absolute Gasteiger partial charge is 0.310 e. The van der Waals surface area contributed by atoms with E-state index in [2.05, 4.69) is 9.88 Å². The molecule has 1 saturated heterocycles. The van der Waals surface area contributed by atoms with Crippen molar-refractivity contribution in [1.29, 1.82) is 0 Å². The summed E-state index contributed by atoms with van der Waals surface area (Å²) in [6, 6.07) is 0. The van der Waals surface area contributed by atoms with Crippen molar-refractivity contribution in [2.24, 2.45) is 5.92 Å². The predicted molar refractivity (Wildman–Crippen MR) is 70.6 cm³/mol. The van der Waals surface area contributed by atoms with Gasteiger partial charge in [-0.2, -0.15) is 0 Å². The monoisotopic (exact) mass is 266 g/mol. The van der Waals surface area contributed by atoms with Gasteiger partial charge in [-0.05, 0) is 40.2 Å². The molecule has 1 unspecified atom stereocenters. The zero-order valence-electron chi connectivity index (χ0n) is 11.9. The molecule has 0 saturated carbocycles. The summed E-state index contributed by atoms with van der Waals surface area (Å²) in [5.74, 6) is 1.52. The molecule has 0 N–H and O–H groups in total. The number of hydrogen-bond acceptors (Lipinski definition) is 5. The Bertz CT molecular complexity index is 422. The highest BCUT2D eigenvalue weighted by Gasteiger charge is 2.27. The molecule has 0 aliphatic carbocycles. The predicted octanol–water partition coefficient (Wildman–Crippen LogP) is 2.07. The van der Waals surface area contributed by atoms with E-state index in [0.717, 1.165) is 43.3 Å². The summed E-state index contributed by atoms with van der Waals surface area (Å²) in [5, 5.41) is 0. The summed E-state index contributed by atoms with van der Waals surface area (Å²) in [6.45, 7) is 8.55. The van der Waals surface area contributed by atoms with Crippen LogP contribution in [0.3, 0.4) is 0 Å². The molecule has 1 aliphatic rings. The number of rotatable bonds is 4. The molecule has 106 valence electrons. The molecule has 0 radical (unpaired) electrons. The maximum atomic E-state index is 11.8. The highest BCUT2D eigenvalue weighted by molar-refractivity contribution is 5.72. The Morgan fingerprint density at radius 3 is 2.95 bits per heavy atom. The third-order valence-electron chi connectivity index (χ3n) is 3.56. The topological polar surface area (TPSA) is 55.6 Å². The number of piperidine rings is 1. The first-order chi connectivity index (χ1) is 9.10. The molecule has 1 fully saturated rings. The second kappa shape index (κ2) is 6.19. The average Bonchev–Trinajstić information content (AvgIpc) is 2.69. The number of esters is 1. The number of likely N-dealkylation sites (tertiary alicyclic amines) is 1. The second-order valence-corrected chi connectivity index (χ2v) is 5.08. The van der Waals surface area contributed by atoms with Crippen molar-refractivity contribution in [2.45, 2.75) is 40.2 Å². The molecule has 1 aliphatic heterocycles. The minimum atomic E-state index is -0.0769. The lowest BCUT2D eigenvalue weighted by Crippen LogP contribution is -2.39. The molecule has 0 bridgehead atoms. The van der Waals surface area contributed by atoms with Gasteiger partial charge in [-0.3, -0.25) is 9.69 Å². The van der Waals surface area contributed by atoms with E-state index in [1.54, 1.807) is 0 Å². The summed E-state index contributed by atoms with van der Waals surface area (Å²) in [5.41, 5.74) is 0.939. The zero-order chi connectivity index (χ0) is 13.8. The zero-order valence-corrected chi connectivity index (χ0v) is 11.9. The molecule has 0 aromatic carbocycles. The van der Waals surface area contributed by atoms with Crippen molar-refractivity contribution in [3.8, 4) is 0 Å². The quantitative estimate of drug-likeness (QED) is 0.781. The Morgan fingerprint density at radius 2 is 2.32 bits per heavy atom. The first kappa shape index (κ1) is 14.1. The number of oxazole rings is 1. The number of nitrogens with zero attached hydrogens (tertiary/aromatic N) is 2. The highest BCUT2D eigenvalue weighted by atomic mass is 16.5. The van der Waals surface area contributed by atoms with Crippen molar-refractivity contribution >= 4 is 5.97 Å². The van der Waals surface area contributed by atoms with Crippen LogP contribution in [0.2, 0.25) is 0 Å². The number of ether oxygens (including phenoxy) is 1. The van der Waals surface area contributed by atoms with E-state index in [0.29, 0.717) is 13.2 Å². The summed E-state index contributed by atoms with van der Waals surface area (Å²) >= 11 is 0. The van der Waals surface area contributed by atoms with Gasteiger partial charge in [0.15, 0.2) is 0 Å². The molecule has 5 nitrogen and oxygen atoms in total. The first-order valence-electron chi connectivity index (χ1n) is 6.92. The fourth-order valence-corrected chi connectivity index (χ4v) is 2.45. The van der Waals surface area contributed by atoms with E-state index in [1.165, 1.54) is 0 Å². The van der Waals surface area contributed by atoms with Gasteiger partial charge in [0, 0.05) is 6.54 Å². The molecular weight excluding hydrogens is 244 g/mol. The van der Waals surface area contributed by atoms with Crippen LogP contribution in [-0.2, 0) is 16.1 Å². The van der Waals surface area contributed by atoms with E-state index < -0.39 is 0 Å². The van der Waals surface area contributed by atoms with Crippen molar-refractivity contribution in [3.05, 3.63) is 17.3 Å². The highest BCUT2D eigenvalue weighted by Crippen LogP contribution is 2.20. The third-order valence-corrected chi connectivity index (χ3v) is 3.56. The van der Waals surface area contributed by atoms with Gasteiger partial charge in [-0.1, -0.05) is 0 Å². The molecule has 1 atom stereocenters. The van der Waals surface area contributed by atoms with Crippen LogP contribution in [0, 0.1) is 19.8 Å². The van der Waals surface area contributed by atoms with Crippen LogP contribution in [0.5, 0.6) is 0 Å². The van der Waals surface area contributed by atoms with Crippen LogP contribution in [0.25, 0.3) is 0 Å². The van der Waals surface area contributed by atoms with Gasteiger partial charge in [-0.25, -0.2) is 4.98 Å². The van der Waals surface area contributed by atoms with E-state index in [4.69, 9.17) is 9.15 Å². The minimum absolute atomic E-state index is 0.00847. The standard InChI is InChI=1S/C14H22N2O3/c1-4-18-14(17)12-6-5-7-16(8-12)9-13-15-10(2)11(3)19-13/h12H,4-9H2,1-3H3. The molecular formula is C14H22N2O3. The van der Waals surface area contributed by atoms with Gasteiger partial charge in [0.25, 0.3) is 0 Å². The summed E-state index contributed by atoms with van der Waals surface area (Å²) in [7, 11) is 0. The van der Waals surface area contributed by atoms with E-state index in [1.807, 2.05) is 20.8 Å². The molecule has 0 amide bonds. The second-order valence-electron chi connectivity index (χ2n) is 5.08. The number of aromatic nitrogens is 1. The average molecular weight is 266 g/mol. The first-order valence-corrected chi connectivity index (χ1v) is 6.92. The number of carbonyl (C=O) groups excluding carboxylic acids is 1. The lowest BCUT2D eigenvalue weighted by Gasteiger charge is -2.30. The van der Waals surface area contributed by atoms with E-state index >= 15 is 0 Å². The molecule has 1 aromatic heterocycles. The van der Waals surface area contributed by atoms with Gasteiger partial charge in [0.05, 0.1) is 24.8 Å². The molecule has 2 heterocycles. The Hall–Kier alpha value is -1.36. The maximum Gasteiger partial charge on any atom is 0.310 e. The van der Waals surface area contributed by atoms with Gasteiger partial charge in [0.1, 0.15) is 5.76 Å². The fourth-order valence-electron chi connectivity index (χ4n) is 2.45. The Balaban J connectivity index is 1.92. The molecule has 2 rings (SSSR count). The number of aryl methyl sites for hydroxylation is 2. The summed E-state index contributed by atoms with van der Waals surface area (Å²) in [4.78, 5) is 18.4. The Kier molecular flexibility index (Phi) is 4.58. The van der Waals surface area contributed by atoms with Crippen molar-refractivity contribution in [1.82, 2.24) is 9.88 Å². The molecule has 5 heteroatoms. The van der Waals surface area contributed by atoms with Gasteiger partial charge >= 0.3 is 5.97 Å². The largest absolute Gasteiger partial charge is 0.466 e. The van der Waals surface area contributed by atoms with Gasteiger partial charge in [0.2, 0.25) is 5.89 Å². The number of hydrogen-bond donors (Lipinski definition) is 0. The van der Waals surface area contributed by atoms with E-state index in [9.17, 15) is 4.79 Å². The summed E-state index contributed by atoms with van der Waals surface area (Å²) in [6.07, 6.45) is 1.93. The third kappa shape index (κ3) is 3.56. The van der Waals surface area contributed by atoms with E-state index in [-0.39, 0.29) is 11.9 Å². The maximum absolute atomic E-state index is 11.8. The van der Waals surface area contributed by atoms with Crippen LogP contribution >= 0.6 is 0 Å². The summed E-state index contributed by atoms with van der Waals surface area (Å²) < 4.78 is 10.7. The van der Waals surface area contributed by atoms with Crippen LogP contribution in [-0.4, -0.2) is 35.5 Å². The lowest BCUT2D eigenvalue weighted by atomic mass is 9.98. The number of carbonyl (C=O) groups is 1. The fraction of sp³-hybridized carbons (Fsp3) is 0.714. The lowest BCUT2D eigenvalue weighted by molar-refractivity contribution is -0.150. The SMILES string of the molecule is CCOC(=O)C1CCCN(Cc2nc(C)c(C)o2)C1. The molecule has 19 heavy (non-hydrogen) atoms. The Morgan fingerprint density at radius 1 is 1.53 bits per heavy atom. The molecule has 0 spiro atoms. The van der Waals surface area contributed by atoms with Crippen molar-refractivity contribution < 1.29 is 13.9 Å². The van der Waals surface area contributed by atoms with Gasteiger partial charge < -0.3 is 9.15 Å². The van der Waals surface area contributed by atoms with Crippen molar-refractivity contribution in [3.63, 3.8) is 0 Å². The van der Waals surface area contributed by atoms with Crippen LogP contribution in [0.4, 0.5) is 0 Å². The Labute approximate surface area is 113 Å². The minimum Gasteiger partial charge on any atom is -0.466 e. The van der Waals surface area contributed by atoms with Gasteiger partial charge in [-0.15, -0.1) is 0 Å². The van der Waals surface area contributed by atoms with Crippen LogP contribution in [0.1, 0.15) is 37.1 Å². The van der Waals surface area contributed by atoms with Crippen LogP contribution < -0.4 is 0 Å². The van der Waals surface area contributed by atoms with Crippen molar-refractivity contribution in [2.75, 3.05) is 19.7 Å².